The Balaban J connectivity index is 1.69. The Morgan fingerprint density at radius 3 is 3.08 bits per heavy atom. The zero-order chi connectivity index (χ0) is 17.1. The van der Waals surface area contributed by atoms with Gasteiger partial charge < -0.3 is 21.1 Å². The van der Waals surface area contributed by atoms with Crippen LogP contribution < -0.4 is 21.3 Å². The highest BCUT2D eigenvalue weighted by Gasteiger charge is 2.33. The molecule has 1 aromatic rings. The Bertz CT molecular complexity index is 640. The molecule has 1 amide bonds. The SMILES string of the molecule is NC(=S)NCC1CN(c2ccc(C3CNCCS3)c(F)c2)C(=O)O1. The van der Waals surface area contributed by atoms with Gasteiger partial charge in [0.2, 0.25) is 0 Å². The van der Waals surface area contributed by atoms with Crippen LogP contribution in [-0.4, -0.2) is 49.2 Å². The molecule has 0 saturated carbocycles. The van der Waals surface area contributed by atoms with Crippen LogP contribution in [0.4, 0.5) is 14.9 Å². The summed E-state index contributed by atoms with van der Waals surface area (Å²) < 4.78 is 19.7. The van der Waals surface area contributed by atoms with Crippen molar-refractivity contribution in [3.63, 3.8) is 0 Å². The number of cyclic esters (lactones) is 1. The van der Waals surface area contributed by atoms with Gasteiger partial charge in [0.15, 0.2) is 5.11 Å². The van der Waals surface area contributed by atoms with Gasteiger partial charge in [0.05, 0.1) is 18.8 Å². The first-order valence-corrected chi connectivity index (χ1v) is 9.13. The standard InChI is InChI=1S/C15H19FN4O2S2/c16-12-5-9(1-2-11(12)13-7-18-3-4-24-13)20-8-10(22-15(20)21)6-19-14(17)23/h1-2,5,10,13,18H,3-4,6-8H2,(H3,17,19,23). The second kappa shape index (κ2) is 7.54. The van der Waals surface area contributed by atoms with Crippen molar-refractivity contribution in [3.05, 3.63) is 29.6 Å². The fraction of sp³-hybridized carbons (Fsp3) is 0.467. The Morgan fingerprint density at radius 2 is 2.42 bits per heavy atom. The molecule has 2 unspecified atom stereocenters. The van der Waals surface area contributed by atoms with Crippen LogP contribution in [0.5, 0.6) is 0 Å². The van der Waals surface area contributed by atoms with Gasteiger partial charge in [-0.05, 0) is 24.4 Å². The molecule has 2 aliphatic heterocycles. The maximum absolute atomic E-state index is 14.5. The topological polar surface area (TPSA) is 79.6 Å². The van der Waals surface area contributed by atoms with E-state index in [1.165, 1.54) is 11.0 Å². The van der Waals surface area contributed by atoms with E-state index in [1.54, 1.807) is 23.9 Å². The number of thioether (sulfide) groups is 1. The lowest BCUT2D eigenvalue weighted by Crippen LogP contribution is -2.37. The van der Waals surface area contributed by atoms with Crippen LogP contribution >= 0.6 is 24.0 Å². The van der Waals surface area contributed by atoms with Crippen LogP contribution in [0.1, 0.15) is 10.8 Å². The number of nitrogens with zero attached hydrogens (tertiary/aromatic N) is 1. The smallest absolute Gasteiger partial charge is 0.414 e. The number of hydrogen-bond donors (Lipinski definition) is 3. The van der Waals surface area contributed by atoms with Crippen molar-refractivity contribution in [3.8, 4) is 0 Å². The second-order valence-corrected chi connectivity index (χ2v) is 7.38. The molecule has 3 rings (SSSR count). The fourth-order valence-corrected chi connectivity index (χ4v) is 4.00. The molecule has 24 heavy (non-hydrogen) atoms. The van der Waals surface area contributed by atoms with E-state index in [9.17, 15) is 9.18 Å². The van der Waals surface area contributed by atoms with Crippen molar-refractivity contribution in [2.24, 2.45) is 5.73 Å². The Labute approximate surface area is 149 Å². The molecule has 6 nitrogen and oxygen atoms in total. The first kappa shape index (κ1) is 17.2. The number of amides is 1. The highest BCUT2D eigenvalue weighted by atomic mass is 32.2. The number of halogens is 1. The molecule has 1 aromatic carbocycles. The summed E-state index contributed by atoms with van der Waals surface area (Å²) in [5.74, 6) is 0.661. The molecule has 0 aromatic heterocycles. The van der Waals surface area contributed by atoms with Crippen molar-refractivity contribution < 1.29 is 13.9 Å². The molecule has 2 aliphatic rings. The van der Waals surface area contributed by atoms with E-state index in [1.807, 2.05) is 0 Å². The summed E-state index contributed by atoms with van der Waals surface area (Å²) in [7, 11) is 0. The van der Waals surface area contributed by atoms with Gasteiger partial charge in [-0.3, -0.25) is 4.90 Å². The minimum absolute atomic E-state index is 0.0980. The average molecular weight is 370 g/mol. The summed E-state index contributed by atoms with van der Waals surface area (Å²) in [6, 6.07) is 4.91. The summed E-state index contributed by atoms with van der Waals surface area (Å²) in [5, 5.41) is 6.28. The van der Waals surface area contributed by atoms with Crippen LogP contribution in [0.25, 0.3) is 0 Å². The number of nitrogens with two attached hydrogens (primary N) is 1. The molecule has 2 heterocycles. The third kappa shape index (κ3) is 3.90. The molecule has 9 heteroatoms. The summed E-state index contributed by atoms with van der Waals surface area (Å²) in [4.78, 5) is 13.4. The van der Waals surface area contributed by atoms with E-state index >= 15 is 0 Å². The predicted molar refractivity (Wildman–Crippen MR) is 96.9 cm³/mol. The van der Waals surface area contributed by atoms with Gasteiger partial charge >= 0.3 is 6.09 Å². The first-order chi connectivity index (χ1) is 11.5. The molecule has 0 aliphatic carbocycles. The van der Waals surface area contributed by atoms with E-state index in [0.717, 1.165) is 18.8 Å². The van der Waals surface area contributed by atoms with Gasteiger partial charge in [-0.15, -0.1) is 0 Å². The molecule has 2 fully saturated rings. The monoisotopic (exact) mass is 370 g/mol. The molecule has 2 atom stereocenters. The summed E-state index contributed by atoms with van der Waals surface area (Å²) in [6.07, 6.45) is -0.870. The van der Waals surface area contributed by atoms with E-state index in [0.29, 0.717) is 24.3 Å². The lowest BCUT2D eigenvalue weighted by Gasteiger charge is -2.24. The van der Waals surface area contributed by atoms with Crippen molar-refractivity contribution >= 4 is 40.9 Å². The van der Waals surface area contributed by atoms with Gasteiger partial charge in [0.25, 0.3) is 0 Å². The number of ether oxygens (including phenoxy) is 1. The van der Waals surface area contributed by atoms with Crippen molar-refractivity contribution in [1.82, 2.24) is 10.6 Å². The minimum Gasteiger partial charge on any atom is -0.442 e. The highest BCUT2D eigenvalue weighted by Crippen LogP contribution is 2.34. The molecule has 2 saturated heterocycles. The van der Waals surface area contributed by atoms with Gasteiger partial charge in [0, 0.05) is 29.7 Å². The van der Waals surface area contributed by atoms with Gasteiger partial charge in [-0.1, -0.05) is 6.07 Å². The van der Waals surface area contributed by atoms with Crippen molar-refractivity contribution in [2.45, 2.75) is 11.4 Å². The van der Waals surface area contributed by atoms with E-state index in [2.05, 4.69) is 10.6 Å². The summed E-state index contributed by atoms with van der Waals surface area (Å²) in [6.45, 7) is 2.36. The second-order valence-electron chi connectivity index (χ2n) is 5.63. The normalized spacial score (nSPS) is 23.9. The van der Waals surface area contributed by atoms with Crippen LogP contribution in [0.3, 0.4) is 0 Å². The predicted octanol–water partition coefficient (Wildman–Crippen LogP) is 1.36. The number of benzene rings is 1. The summed E-state index contributed by atoms with van der Waals surface area (Å²) >= 11 is 6.47. The summed E-state index contributed by atoms with van der Waals surface area (Å²) in [5.41, 5.74) is 6.52. The number of carbonyl (C=O) groups excluding carboxylic acids is 1. The minimum atomic E-state index is -0.495. The lowest BCUT2D eigenvalue weighted by atomic mass is 10.1. The average Bonchev–Trinajstić information content (AvgIpc) is 2.94. The highest BCUT2D eigenvalue weighted by molar-refractivity contribution is 7.99. The van der Waals surface area contributed by atoms with Crippen molar-refractivity contribution in [1.29, 1.82) is 0 Å². The first-order valence-electron chi connectivity index (χ1n) is 7.68. The number of nitrogens with one attached hydrogen (secondary N) is 2. The number of hydrogen-bond acceptors (Lipinski definition) is 5. The van der Waals surface area contributed by atoms with Crippen LogP contribution in [0, 0.1) is 5.82 Å². The molecule has 0 bridgehead atoms. The molecule has 130 valence electrons. The van der Waals surface area contributed by atoms with Crippen molar-refractivity contribution in [2.75, 3.05) is 36.8 Å². The Hall–Kier alpha value is -1.58. The van der Waals surface area contributed by atoms with Gasteiger partial charge in [0.1, 0.15) is 11.9 Å². The maximum atomic E-state index is 14.5. The number of thiocarbonyl (C=S) groups is 1. The Morgan fingerprint density at radius 1 is 1.58 bits per heavy atom. The van der Waals surface area contributed by atoms with Gasteiger partial charge in [-0.2, -0.15) is 11.8 Å². The Kier molecular flexibility index (Phi) is 5.42. The number of carbonyl (C=O) groups is 1. The third-order valence-corrected chi connectivity index (χ3v) is 5.36. The molecule has 0 spiro atoms. The van der Waals surface area contributed by atoms with Gasteiger partial charge in [-0.25, -0.2) is 9.18 Å². The maximum Gasteiger partial charge on any atom is 0.414 e. The van der Waals surface area contributed by atoms with E-state index < -0.39 is 6.09 Å². The van der Waals surface area contributed by atoms with Crippen LogP contribution in [0.2, 0.25) is 0 Å². The lowest BCUT2D eigenvalue weighted by molar-refractivity contribution is 0.143. The third-order valence-electron chi connectivity index (χ3n) is 3.95. The van der Waals surface area contributed by atoms with E-state index in [-0.39, 0.29) is 22.3 Å². The van der Waals surface area contributed by atoms with Crippen LogP contribution in [0.15, 0.2) is 18.2 Å². The molecular formula is C15H19FN4O2S2. The largest absolute Gasteiger partial charge is 0.442 e. The zero-order valence-corrected chi connectivity index (χ0v) is 14.6. The van der Waals surface area contributed by atoms with Crippen LogP contribution in [-0.2, 0) is 4.74 Å². The fourth-order valence-electron chi connectivity index (χ4n) is 2.76. The zero-order valence-electron chi connectivity index (χ0n) is 13.0. The molecular weight excluding hydrogens is 351 g/mol. The molecule has 0 radical (unpaired) electrons. The quantitative estimate of drug-likeness (QED) is 0.691. The molecule has 4 N–H and O–H groups in total. The van der Waals surface area contributed by atoms with E-state index in [4.69, 9.17) is 22.7 Å². The number of rotatable bonds is 4. The number of anilines is 1.